The zero-order chi connectivity index (χ0) is 32.0. The van der Waals surface area contributed by atoms with Crippen LogP contribution in [0.15, 0.2) is 119 Å². The van der Waals surface area contributed by atoms with Crippen LogP contribution in [0, 0.1) is 0 Å². The number of aromatic nitrogens is 4. The summed E-state index contributed by atoms with van der Waals surface area (Å²) in [6.07, 6.45) is 5.97. The Kier molecular flexibility index (Phi) is 9.68. The molecule has 6 nitrogen and oxygen atoms in total. The second-order valence-electron chi connectivity index (χ2n) is 12.0. The van der Waals surface area contributed by atoms with Gasteiger partial charge in [0.1, 0.15) is 26.9 Å². The van der Waals surface area contributed by atoms with E-state index in [2.05, 4.69) is 65.2 Å². The summed E-state index contributed by atoms with van der Waals surface area (Å²) in [6.45, 7) is 0.649. The van der Waals surface area contributed by atoms with Crippen molar-refractivity contribution in [2.24, 2.45) is 0 Å². The predicted octanol–water partition coefficient (Wildman–Crippen LogP) is 9.87. The van der Waals surface area contributed by atoms with Gasteiger partial charge in [-0.1, -0.05) is 146 Å². The quantitative estimate of drug-likeness (QED) is 0.139. The first kappa shape index (κ1) is 31.2. The molecule has 8 heteroatoms. The predicted molar refractivity (Wildman–Crippen MR) is 191 cm³/mol. The third kappa shape index (κ3) is 7.14. The lowest BCUT2D eigenvalue weighted by Gasteiger charge is -2.22. The monoisotopic (exact) mass is 656 g/mol. The Balaban J connectivity index is 1.30. The van der Waals surface area contributed by atoms with Crippen molar-refractivity contribution in [1.82, 2.24) is 19.7 Å². The molecule has 0 amide bonds. The highest BCUT2D eigenvalue weighted by Gasteiger charge is 2.27. The van der Waals surface area contributed by atoms with Crippen molar-refractivity contribution >= 4 is 40.5 Å². The topological polar surface area (TPSA) is 80.9 Å². The highest BCUT2D eigenvalue weighted by molar-refractivity contribution is 7.99. The Labute approximate surface area is 283 Å². The first-order valence-electron chi connectivity index (χ1n) is 16.2. The van der Waals surface area contributed by atoms with Crippen LogP contribution in [0.4, 0.5) is 0 Å². The number of carboxylic acid groups (broad SMARTS) is 1. The Bertz CT molecular complexity index is 1970. The summed E-state index contributed by atoms with van der Waals surface area (Å²) in [5.74, 6) is 2.18. The van der Waals surface area contributed by atoms with E-state index in [-0.39, 0.29) is 0 Å². The molecule has 0 radical (unpaired) electrons. The van der Waals surface area contributed by atoms with Gasteiger partial charge in [0, 0.05) is 24.0 Å². The summed E-state index contributed by atoms with van der Waals surface area (Å²) >= 11 is 3.41. The summed E-state index contributed by atoms with van der Waals surface area (Å²) in [5.41, 5.74) is 7.52. The van der Waals surface area contributed by atoms with Crippen molar-refractivity contribution in [3.63, 3.8) is 0 Å². The molecule has 0 spiro atoms. The number of nitrogens with zero attached hydrogens (tertiary/aromatic N) is 4. The normalized spacial score (nSPS) is 13.6. The molecule has 1 N–H and O–H groups in total. The van der Waals surface area contributed by atoms with Crippen molar-refractivity contribution in [3.05, 3.63) is 137 Å². The van der Waals surface area contributed by atoms with Crippen molar-refractivity contribution in [2.75, 3.05) is 0 Å². The molecule has 1 aliphatic carbocycles. The number of fused-ring (bicyclic) bond motifs is 1. The van der Waals surface area contributed by atoms with Gasteiger partial charge in [0.25, 0.3) is 0 Å². The SMILES string of the molecule is O=C(O)c1ccccc1-c1ccc(Cn2c(C3CCCCC3)nc3c(SCc4ccccc4)nnc(SCc4ccccc4)c32)cc1. The van der Waals surface area contributed by atoms with Crippen LogP contribution < -0.4 is 0 Å². The summed E-state index contributed by atoms with van der Waals surface area (Å²) in [5, 5.41) is 21.1. The summed E-state index contributed by atoms with van der Waals surface area (Å²) in [4.78, 5) is 17.3. The molecule has 1 fully saturated rings. The first-order chi connectivity index (χ1) is 23.1. The molecule has 7 rings (SSSR count). The third-order valence-electron chi connectivity index (χ3n) is 8.80. The minimum atomic E-state index is -0.922. The minimum Gasteiger partial charge on any atom is -0.478 e. The maximum Gasteiger partial charge on any atom is 0.336 e. The maximum atomic E-state index is 11.9. The second-order valence-corrected chi connectivity index (χ2v) is 13.9. The van der Waals surface area contributed by atoms with Crippen LogP contribution in [0.5, 0.6) is 0 Å². The van der Waals surface area contributed by atoms with Gasteiger partial charge in [0.15, 0.2) is 0 Å². The number of thioether (sulfide) groups is 2. The number of carboxylic acids is 1. The largest absolute Gasteiger partial charge is 0.478 e. The smallest absolute Gasteiger partial charge is 0.336 e. The lowest BCUT2D eigenvalue weighted by atomic mass is 9.88. The standard InChI is InChI=1S/C39H36N4O2S2/c44-39(45)33-19-11-10-18-32(33)30-22-20-27(21-23-30)24-43-35-34(40-36(43)31-16-8-3-9-17-31)37(46-25-28-12-4-1-5-13-28)41-42-38(35)47-26-29-14-6-2-7-15-29/h1-2,4-7,10-15,18-23,31H,3,8-9,16-17,24-26H2,(H,44,45). The number of carbonyl (C=O) groups is 1. The minimum absolute atomic E-state index is 0.305. The molecule has 1 saturated carbocycles. The average Bonchev–Trinajstić information content (AvgIpc) is 3.51. The molecule has 0 unspecified atom stereocenters. The van der Waals surface area contributed by atoms with E-state index in [1.807, 2.05) is 36.4 Å². The van der Waals surface area contributed by atoms with Gasteiger partial charge in [0.2, 0.25) is 0 Å². The van der Waals surface area contributed by atoms with Crippen LogP contribution in [0.2, 0.25) is 0 Å². The van der Waals surface area contributed by atoms with Crippen LogP contribution in [-0.4, -0.2) is 30.8 Å². The highest BCUT2D eigenvalue weighted by atomic mass is 32.2. The molecule has 0 aliphatic heterocycles. The van der Waals surface area contributed by atoms with Gasteiger partial charge in [-0.15, -0.1) is 10.2 Å². The molecular formula is C39H36N4O2S2. The molecule has 1 aliphatic rings. The van der Waals surface area contributed by atoms with E-state index in [4.69, 9.17) is 15.2 Å². The summed E-state index contributed by atoms with van der Waals surface area (Å²) in [6, 6.07) is 36.4. The van der Waals surface area contributed by atoms with Gasteiger partial charge in [-0.25, -0.2) is 9.78 Å². The molecule has 0 bridgehead atoms. The van der Waals surface area contributed by atoms with Crippen LogP contribution in [0.1, 0.15) is 70.9 Å². The van der Waals surface area contributed by atoms with Crippen molar-refractivity contribution < 1.29 is 9.90 Å². The number of imidazole rings is 1. The third-order valence-corrected chi connectivity index (χ3v) is 10.9. The van der Waals surface area contributed by atoms with E-state index in [0.29, 0.717) is 18.0 Å². The number of rotatable bonds is 11. The highest BCUT2D eigenvalue weighted by Crippen LogP contribution is 2.40. The van der Waals surface area contributed by atoms with Gasteiger partial charge >= 0.3 is 5.97 Å². The lowest BCUT2D eigenvalue weighted by Crippen LogP contribution is -2.13. The number of aromatic carboxylic acids is 1. The van der Waals surface area contributed by atoms with Crippen LogP contribution in [-0.2, 0) is 18.1 Å². The molecule has 6 aromatic rings. The molecular weight excluding hydrogens is 621 g/mol. The van der Waals surface area contributed by atoms with Crippen molar-refractivity contribution in [1.29, 1.82) is 0 Å². The Morgan fingerprint density at radius 1 is 0.702 bits per heavy atom. The fourth-order valence-corrected chi connectivity index (χ4v) is 8.21. The average molecular weight is 657 g/mol. The van der Waals surface area contributed by atoms with E-state index < -0.39 is 5.97 Å². The molecule has 47 heavy (non-hydrogen) atoms. The van der Waals surface area contributed by atoms with E-state index in [1.165, 1.54) is 30.4 Å². The molecule has 0 atom stereocenters. The van der Waals surface area contributed by atoms with Crippen molar-refractivity contribution in [2.45, 2.75) is 66.1 Å². The molecule has 2 heterocycles. The van der Waals surface area contributed by atoms with E-state index in [9.17, 15) is 9.90 Å². The Morgan fingerprint density at radius 2 is 1.30 bits per heavy atom. The Morgan fingerprint density at radius 3 is 1.96 bits per heavy atom. The van der Waals surface area contributed by atoms with Crippen molar-refractivity contribution in [3.8, 4) is 11.1 Å². The number of hydrogen-bond acceptors (Lipinski definition) is 6. The number of hydrogen-bond donors (Lipinski definition) is 1. The zero-order valence-electron chi connectivity index (χ0n) is 26.1. The van der Waals surface area contributed by atoms with E-state index >= 15 is 0 Å². The molecule has 4 aromatic carbocycles. The van der Waals surface area contributed by atoms with Crippen LogP contribution in [0.25, 0.3) is 22.2 Å². The van der Waals surface area contributed by atoms with Gasteiger partial charge in [-0.2, -0.15) is 0 Å². The fraction of sp³-hybridized carbons (Fsp3) is 0.231. The first-order valence-corrected chi connectivity index (χ1v) is 18.1. The van der Waals surface area contributed by atoms with Gasteiger partial charge in [-0.3, -0.25) is 0 Å². The Hall–Kier alpha value is -4.40. The second kappa shape index (κ2) is 14.6. The fourth-order valence-electron chi connectivity index (χ4n) is 6.39. The molecule has 2 aromatic heterocycles. The van der Waals surface area contributed by atoms with Gasteiger partial charge in [-0.05, 0) is 46.7 Å². The van der Waals surface area contributed by atoms with Crippen LogP contribution >= 0.6 is 23.5 Å². The summed E-state index contributed by atoms with van der Waals surface area (Å²) < 4.78 is 2.40. The summed E-state index contributed by atoms with van der Waals surface area (Å²) in [7, 11) is 0. The number of benzene rings is 4. The van der Waals surface area contributed by atoms with E-state index in [1.54, 1.807) is 35.7 Å². The zero-order valence-corrected chi connectivity index (χ0v) is 27.7. The maximum absolute atomic E-state index is 11.9. The van der Waals surface area contributed by atoms with Gasteiger partial charge in [0.05, 0.1) is 5.56 Å². The van der Waals surface area contributed by atoms with Gasteiger partial charge < -0.3 is 9.67 Å². The lowest BCUT2D eigenvalue weighted by molar-refractivity contribution is 0.0697. The molecule has 236 valence electrons. The van der Waals surface area contributed by atoms with E-state index in [0.717, 1.165) is 67.9 Å². The van der Waals surface area contributed by atoms with Crippen LogP contribution in [0.3, 0.4) is 0 Å². The molecule has 0 saturated heterocycles.